The molecule has 0 saturated heterocycles. The summed E-state index contributed by atoms with van der Waals surface area (Å²) in [6, 6.07) is 18.4. The molecule has 0 aromatic heterocycles. The maximum atomic E-state index is 14.1. The van der Waals surface area contributed by atoms with Crippen LogP contribution in [-0.4, -0.2) is 51.4 Å². The molecule has 0 radical (unpaired) electrons. The minimum atomic E-state index is -4.22. The molecule has 11 heteroatoms. The molecule has 0 heterocycles. The largest absolute Gasteiger partial charge is 0.495 e. The first kappa shape index (κ1) is 31.3. The Kier molecular flexibility index (Phi) is 11.2. The third-order valence-electron chi connectivity index (χ3n) is 6.29. The Hall–Kier alpha value is -3.27. The number of nitrogens with one attached hydrogen (secondary N) is 1. The van der Waals surface area contributed by atoms with E-state index in [9.17, 15) is 18.0 Å². The smallest absolute Gasteiger partial charge is 0.264 e. The number of para-hydroxylation sites is 2. The van der Waals surface area contributed by atoms with Gasteiger partial charge in [-0.1, -0.05) is 73.4 Å². The van der Waals surface area contributed by atoms with E-state index in [0.29, 0.717) is 28.6 Å². The Bertz CT molecular complexity index is 1400. The number of benzene rings is 3. The highest BCUT2D eigenvalue weighted by atomic mass is 35.5. The molecule has 0 fully saturated rings. The molecule has 0 bridgehead atoms. The number of ether oxygens (including phenoxy) is 1. The van der Waals surface area contributed by atoms with Crippen LogP contribution in [0.5, 0.6) is 5.75 Å². The molecular formula is C29H33Cl2N3O5S. The molecule has 214 valence electrons. The number of methoxy groups -OCH3 is 1. The summed E-state index contributed by atoms with van der Waals surface area (Å²) in [5.74, 6) is -0.696. The van der Waals surface area contributed by atoms with Crippen LogP contribution in [0, 0.1) is 0 Å². The van der Waals surface area contributed by atoms with Crippen molar-refractivity contribution in [3.8, 4) is 5.75 Å². The first-order chi connectivity index (χ1) is 19.1. The summed E-state index contributed by atoms with van der Waals surface area (Å²) in [4.78, 5) is 28.7. The van der Waals surface area contributed by atoms with Crippen LogP contribution in [0.15, 0.2) is 77.7 Å². The number of halogens is 2. The van der Waals surface area contributed by atoms with Crippen molar-refractivity contribution in [3.05, 3.63) is 88.4 Å². The zero-order valence-corrected chi connectivity index (χ0v) is 25.0. The Labute approximate surface area is 245 Å². The lowest BCUT2D eigenvalue weighted by molar-refractivity contribution is -0.140. The summed E-state index contributed by atoms with van der Waals surface area (Å²) in [6.45, 7) is 3.44. The van der Waals surface area contributed by atoms with Gasteiger partial charge < -0.3 is 15.0 Å². The number of rotatable bonds is 13. The number of carbonyl (C=O) groups is 2. The van der Waals surface area contributed by atoms with Gasteiger partial charge in [-0.15, -0.1) is 0 Å². The molecule has 0 aliphatic carbocycles. The molecule has 0 aliphatic heterocycles. The average Bonchev–Trinajstić information content (AvgIpc) is 2.96. The average molecular weight is 607 g/mol. The summed E-state index contributed by atoms with van der Waals surface area (Å²) in [7, 11) is -2.80. The van der Waals surface area contributed by atoms with Gasteiger partial charge in [0.2, 0.25) is 11.8 Å². The molecule has 2 amide bonds. The fraction of sp³-hybridized carbons (Fsp3) is 0.310. The lowest BCUT2D eigenvalue weighted by Crippen LogP contribution is -2.52. The van der Waals surface area contributed by atoms with Crippen molar-refractivity contribution >= 4 is 50.7 Å². The molecule has 0 aliphatic rings. The van der Waals surface area contributed by atoms with Gasteiger partial charge in [0.05, 0.1) is 17.7 Å². The molecule has 1 atom stereocenters. The van der Waals surface area contributed by atoms with Gasteiger partial charge in [0.25, 0.3) is 10.0 Å². The molecule has 40 heavy (non-hydrogen) atoms. The Balaban J connectivity index is 2.12. The van der Waals surface area contributed by atoms with Crippen LogP contribution in [0.1, 0.15) is 32.3 Å². The van der Waals surface area contributed by atoms with Crippen LogP contribution in [0.25, 0.3) is 0 Å². The van der Waals surface area contributed by atoms with Gasteiger partial charge in [0.15, 0.2) is 0 Å². The highest BCUT2D eigenvalue weighted by Crippen LogP contribution is 2.33. The monoisotopic (exact) mass is 605 g/mol. The standard InChI is InChI=1S/C29H33Cl2N3O5S/c1-4-18-32-29(36)25(5-2)33(19-22-23(30)14-11-15-24(22)31)28(35)20-34(26-16-9-10-17-27(26)39-3)40(37,38)21-12-7-6-8-13-21/h6-17,25H,4-5,18-20H2,1-3H3,(H,32,36). The van der Waals surface area contributed by atoms with Crippen molar-refractivity contribution in [2.75, 3.05) is 24.5 Å². The van der Waals surface area contributed by atoms with E-state index in [4.69, 9.17) is 27.9 Å². The second-order valence-corrected chi connectivity index (χ2v) is 11.6. The number of anilines is 1. The Morgan fingerprint density at radius 1 is 0.925 bits per heavy atom. The van der Waals surface area contributed by atoms with E-state index >= 15 is 0 Å². The van der Waals surface area contributed by atoms with Crippen molar-refractivity contribution in [2.45, 2.75) is 44.2 Å². The van der Waals surface area contributed by atoms with Crippen LogP contribution in [0.3, 0.4) is 0 Å². The molecule has 3 rings (SSSR count). The second-order valence-electron chi connectivity index (χ2n) is 8.93. The highest BCUT2D eigenvalue weighted by Gasteiger charge is 2.35. The minimum Gasteiger partial charge on any atom is -0.495 e. The number of hydrogen-bond donors (Lipinski definition) is 1. The molecule has 0 saturated carbocycles. The van der Waals surface area contributed by atoms with E-state index in [1.165, 1.54) is 24.1 Å². The van der Waals surface area contributed by atoms with Gasteiger partial charge >= 0.3 is 0 Å². The van der Waals surface area contributed by atoms with Crippen LogP contribution in [0.2, 0.25) is 10.0 Å². The first-order valence-corrected chi connectivity index (χ1v) is 15.1. The van der Waals surface area contributed by atoms with Crippen molar-refractivity contribution < 1.29 is 22.7 Å². The van der Waals surface area contributed by atoms with E-state index in [-0.39, 0.29) is 35.2 Å². The van der Waals surface area contributed by atoms with Gasteiger partial charge in [-0.05, 0) is 49.2 Å². The summed E-state index contributed by atoms with van der Waals surface area (Å²) >= 11 is 12.9. The van der Waals surface area contributed by atoms with Crippen molar-refractivity contribution in [2.24, 2.45) is 0 Å². The summed E-state index contributed by atoms with van der Waals surface area (Å²) in [5, 5.41) is 3.50. The highest BCUT2D eigenvalue weighted by molar-refractivity contribution is 7.92. The molecule has 0 spiro atoms. The van der Waals surface area contributed by atoms with E-state index in [1.807, 2.05) is 6.92 Å². The Morgan fingerprint density at radius 3 is 2.15 bits per heavy atom. The predicted octanol–water partition coefficient (Wildman–Crippen LogP) is 5.53. The lowest BCUT2D eigenvalue weighted by atomic mass is 10.1. The van der Waals surface area contributed by atoms with Gasteiger partial charge in [0.1, 0.15) is 18.3 Å². The zero-order chi connectivity index (χ0) is 29.3. The molecule has 3 aromatic rings. The third-order valence-corrected chi connectivity index (χ3v) is 8.77. The van der Waals surface area contributed by atoms with Gasteiger partial charge in [-0.2, -0.15) is 0 Å². The normalized spacial score (nSPS) is 11.9. The number of carbonyl (C=O) groups excluding carboxylic acids is 2. The van der Waals surface area contributed by atoms with E-state index in [2.05, 4.69) is 5.32 Å². The third kappa shape index (κ3) is 7.27. The van der Waals surface area contributed by atoms with Crippen LogP contribution in [0.4, 0.5) is 5.69 Å². The summed E-state index contributed by atoms with van der Waals surface area (Å²) in [6.07, 6.45) is 0.993. The van der Waals surface area contributed by atoms with Crippen LogP contribution >= 0.6 is 23.2 Å². The lowest BCUT2D eigenvalue weighted by Gasteiger charge is -2.33. The molecule has 1 N–H and O–H groups in total. The quantitative estimate of drug-likeness (QED) is 0.276. The van der Waals surface area contributed by atoms with Gasteiger partial charge in [-0.3, -0.25) is 13.9 Å². The van der Waals surface area contributed by atoms with Gasteiger partial charge in [-0.25, -0.2) is 8.42 Å². The van der Waals surface area contributed by atoms with E-state index < -0.39 is 28.5 Å². The second kappa shape index (κ2) is 14.4. The number of nitrogens with zero attached hydrogens (tertiary/aromatic N) is 2. The van der Waals surface area contributed by atoms with Crippen molar-refractivity contribution in [1.29, 1.82) is 0 Å². The predicted molar refractivity (Wildman–Crippen MR) is 158 cm³/mol. The number of amides is 2. The minimum absolute atomic E-state index is 0.00198. The van der Waals surface area contributed by atoms with Crippen molar-refractivity contribution in [1.82, 2.24) is 10.2 Å². The number of hydrogen-bond acceptors (Lipinski definition) is 5. The fourth-order valence-electron chi connectivity index (χ4n) is 4.21. The van der Waals surface area contributed by atoms with Gasteiger partial charge in [0, 0.05) is 28.7 Å². The molecule has 3 aromatic carbocycles. The van der Waals surface area contributed by atoms with Crippen molar-refractivity contribution in [3.63, 3.8) is 0 Å². The first-order valence-electron chi connectivity index (χ1n) is 12.9. The van der Waals surface area contributed by atoms with E-state index in [1.54, 1.807) is 67.6 Å². The maximum absolute atomic E-state index is 14.1. The SMILES string of the molecule is CCCNC(=O)C(CC)N(Cc1c(Cl)cccc1Cl)C(=O)CN(c1ccccc1OC)S(=O)(=O)c1ccccc1. The van der Waals surface area contributed by atoms with Crippen LogP contribution < -0.4 is 14.4 Å². The van der Waals surface area contributed by atoms with E-state index in [0.717, 1.165) is 4.31 Å². The Morgan fingerprint density at radius 2 is 1.55 bits per heavy atom. The maximum Gasteiger partial charge on any atom is 0.264 e. The molecule has 8 nitrogen and oxygen atoms in total. The van der Waals surface area contributed by atoms with Crippen LogP contribution in [-0.2, 0) is 26.2 Å². The topological polar surface area (TPSA) is 96.0 Å². The summed E-state index contributed by atoms with van der Waals surface area (Å²) < 4.78 is 34.3. The zero-order valence-electron chi connectivity index (χ0n) is 22.6. The molecule has 1 unspecified atom stereocenters. The fourth-order valence-corrected chi connectivity index (χ4v) is 6.17. The summed E-state index contributed by atoms with van der Waals surface area (Å²) in [5.41, 5.74) is 0.636. The number of sulfonamides is 1. The molecular weight excluding hydrogens is 573 g/mol.